The third-order valence-corrected chi connectivity index (χ3v) is 12.2. The van der Waals surface area contributed by atoms with E-state index in [1.54, 1.807) is 53.2 Å². The van der Waals surface area contributed by atoms with Crippen molar-refractivity contribution in [2.24, 2.45) is 7.05 Å². The molecule has 0 radical (unpaired) electrons. The number of phenolic OH excluding ortho intramolecular Hbond substituents is 1. The first-order valence-corrected chi connectivity index (χ1v) is 20.3. The number of rotatable bonds is 8. The van der Waals surface area contributed by atoms with Gasteiger partial charge in [0.15, 0.2) is 0 Å². The molecule has 1 N–H and O–H groups in total. The normalized spacial score (nSPS) is 16.6. The number of aromatic nitrogens is 1. The van der Waals surface area contributed by atoms with Crippen molar-refractivity contribution in [2.75, 3.05) is 70.3 Å². The largest absolute Gasteiger partial charge is 0.508 e. The third kappa shape index (κ3) is 8.15. The van der Waals surface area contributed by atoms with E-state index in [4.69, 9.17) is 9.47 Å². The minimum absolute atomic E-state index is 0.0732. The minimum atomic E-state index is -0.442. The summed E-state index contributed by atoms with van der Waals surface area (Å²) < 4.78 is 13.5. The van der Waals surface area contributed by atoms with Crippen molar-refractivity contribution in [1.29, 1.82) is 0 Å². The van der Waals surface area contributed by atoms with Crippen LogP contribution < -0.4 is 14.5 Å². The maximum absolute atomic E-state index is 15.4. The van der Waals surface area contributed by atoms with Crippen molar-refractivity contribution in [3.8, 4) is 22.8 Å². The number of hydrogen-bond acceptors (Lipinski definition) is 8. The van der Waals surface area contributed by atoms with Crippen LogP contribution >= 0.6 is 0 Å². The molecule has 1 aromatic heterocycles. The zero-order valence-electron chi connectivity index (χ0n) is 34.5. The molecule has 0 bridgehead atoms. The second-order valence-electron chi connectivity index (χ2n) is 16.0. The van der Waals surface area contributed by atoms with Gasteiger partial charge in [-0.05, 0) is 109 Å². The Kier molecular flexibility index (Phi) is 11.2. The number of morpholine rings is 1. The molecule has 0 spiro atoms. The summed E-state index contributed by atoms with van der Waals surface area (Å²) in [6.45, 7) is 6.82. The molecule has 1 saturated heterocycles. The number of anilines is 2. The lowest BCUT2D eigenvalue weighted by atomic mass is 9.89. The first kappa shape index (κ1) is 39.7. The number of phenols is 1. The molecule has 306 valence electrons. The topological polar surface area (TPSA) is 111 Å². The Hall–Kier alpha value is -6.11. The molecule has 0 saturated carbocycles. The molecule has 8 rings (SSSR count). The lowest BCUT2D eigenvalue weighted by molar-refractivity contribution is 0.0193. The van der Waals surface area contributed by atoms with Crippen LogP contribution in [0.2, 0.25) is 0 Å². The number of benzene rings is 4. The second-order valence-corrected chi connectivity index (χ2v) is 16.0. The zero-order valence-corrected chi connectivity index (χ0v) is 34.5. The highest BCUT2D eigenvalue weighted by Gasteiger charge is 2.35. The van der Waals surface area contributed by atoms with Crippen LogP contribution in [0.15, 0.2) is 91.0 Å². The van der Waals surface area contributed by atoms with Gasteiger partial charge in [-0.25, -0.2) is 4.79 Å². The summed E-state index contributed by atoms with van der Waals surface area (Å²) in [5.74, 6) is 0.292. The fourth-order valence-corrected chi connectivity index (χ4v) is 8.50. The molecular weight excluding hydrogens is 745 g/mol. The van der Waals surface area contributed by atoms with E-state index >= 15 is 4.79 Å². The molecule has 0 aliphatic carbocycles. The van der Waals surface area contributed by atoms with Crippen LogP contribution in [0.4, 0.5) is 16.2 Å². The summed E-state index contributed by atoms with van der Waals surface area (Å²) in [4.78, 5) is 52.7. The molecule has 1 atom stereocenters. The molecule has 1 fully saturated rings. The first-order chi connectivity index (χ1) is 28.4. The standard InChI is InChI=1S/C47H52N6O6/c1-31-41(45(55)50(5)37-10-14-39(54)15-11-37)27-44(49(31)4)42-25-33-18-19-52(47(57)59-40-16-12-36(13-17-40)48(2)3)28-35(33)26-43(42)46(56)53-29-34-9-7-6-8-32(34)24-38(53)30-51-20-22-58-23-21-51/h6-17,25-27,38,54H,18-24,28-30H2,1-5H3/t38-/m0/s1. The number of carbonyl (C=O) groups excluding carboxylic acids is 3. The van der Waals surface area contributed by atoms with Gasteiger partial charge in [0.05, 0.1) is 18.8 Å². The summed E-state index contributed by atoms with van der Waals surface area (Å²) in [7, 11) is 7.56. The van der Waals surface area contributed by atoms with Gasteiger partial charge in [-0.15, -0.1) is 0 Å². The van der Waals surface area contributed by atoms with E-state index in [9.17, 15) is 14.7 Å². The number of fused-ring (bicyclic) bond motifs is 2. The average Bonchev–Trinajstić information content (AvgIpc) is 3.55. The van der Waals surface area contributed by atoms with Gasteiger partial charge in [-0.2, -0.15) is 0 Å². The van der Waals surface area contributed by atoms with E-state index in [0.717, 1.165) is 65.4 Å². The van der Waals surface area contributed by atoms with Gasteiger partial charge in [0, 0.05) is 107 Å². The van der Waals surface area contributed by atoms with Crippen molar-refractivity contribution in [3.63, 3.8) is 0 Å². The van der Waals surface area contributed by atoms with Crippen LogP contribution in [0.25, 0.3) is 11.3 Å². The van der Waals surface area contributed by atoms with E-state index in [2.05, 4.69) is 29.2 Å². The first-order valence-electron chi connectivity index (χ1n) is 20.3. The van der Waals surface area contributed by atoms with Crippen LogP contribution in [0.5, 0.6) is 11.5 Å². The number of hydrogen-bond donors (Lipinski definition) is 1. The van der Waals surface area contributed by atoms with Gasteiger partial charge in [-0.1, -0.05) is 24.3 Å². The predicted octanol–water partition coefficient (Wildman–Crippen LogP) is 6.51. The molecule has 59 heavy (non-hydrogen) atoms. The molecule has 3 aliphatic heterocycles. The quantitative estimate of drug-likeness (QED) is 0.190. The summed E-state index contributed by atoms with van der Waals surface area (Å²) in [5.41, 5.74) is 9.25. The molecule has 12 nitrogen and oxygen atoms in total. The SMILES string of the molecule is Cc1c(C(=O)N(C)c2ccc(O)cc2)cc(-c2cc3c(cc2C(=O)N2Cc4ccccc4C[C@H]2CN2CCOCC2)CN(C(=O)Oc2ccc(N(C)C)cc2)CC3)n1C. The predicted molar refractivity (Wildman–Crippen MR) is 228 cm³/mol. The van der Waals surface area contributed by atoms with Crippen LogP contribution in [0, 0.1) is 6.92 Å². The molecular formula is C47H52N6O6. The smallest absolute Gasteiger partial charge is 0.415 e. The number of aromatic hydroxyl groups is 1. The molecule has 5 aromatic rings. The molecule has 4 heterocycles. The van der Waals surface area contributed by atoms with Crippen molar-refractivity contribution >= 4 is 29.3 Å². The van der Waals surface area contributed by atoms with Crippen molar-refractivity contribution in [3.05, 3.63) is 130 Å². The van der Waals surface area contributed by atoms with Gasteiger partial charge in [0.25, 0.3) is 11.8 Å². The van der Waals surface area contributed by atoms with E-state index in [0.29, 0.717) is 55.3 Å². The Morgan fingerprint density at radius 2 is 1.49 bits per heavy atom. The van der Waals surface area contributed by atoms with E-state index in [1.807, 2.05) is 72.8 Å². The Balaban J connectivity index is 1.17. The zero-order chi connectivity index (χ0) is 41.4. The van der Waals surface area contributed by atoms with E-state index in [-0.39, 0.29) is 30.2 Å². The van der Waals surface area contributed by atoms with Gasteiger partial charge in [0.2, 0.25) is 0 Å². The lowest BCUT2D eigenvalue weighted by Gasteiger charge is -2.41. The van der Waals surface area contributed by atoms with Crippen LogP contribution in [0.3, 0.4) is 0 Å². The van der Waals surface area contributed by atoms with Crippen molar-refractivity contribution in [2.45, 2.75) is 38.9 Å². The monoisotopic (exact) mass is 796 g/mol. The van der Waals surface area contributed by atoms with Crippen LogP contribution in [0.1, 0.15) is 48.7 Å². The maximum atomic E-state index is 15.4. The van der Waals surface area contributed by atoms with Crippen LogP contribution in [-0.2, 0) is 37.7 Å². The summed E-state index contributed by atoms with van der Waals surface area (Å²) in [5, 5.41) is 9.85. The van der Waals surface area contributed by atoms with Gasteiger partial charge in [-0.3, -0.25) is 14.5 Å². The maximum Gasteiger partial charge on any atom is 0.415 e. The lowest BCUT2D eigenvalue weighted by Crippen LogP contribution is -2.52. The molecule has 3 amide bonds. The molecule has 3 aliphatic rings. The summed E-state index contributed by atoms with van der Waals surface area (Å²) in [6.07, 6.45) is 0.864. The Morgan fingerprint density at radius 3 is 2.20 bits per heavy atom. The highest BCUT2D eigenvalue weighted by Crippen LogP contribution is 2.36. The van der Waals surface area contributed by atoms with Crippen molar-refractivity contribution in [1.82, 2.24) is 19.3 Å². The highest BCUT2D eigenvalue weighted by atomic mass is 16.6. The molecule has 4 aromatic carbocycles. The van der Waals surface area contributed by atoms with Gasteiger partial charge >= 0.3 is 6.09 Å². The van der Waals surface area contributed by atoms with E-state index in [1.165, 1.54) is 5.56 Å². The average molecular weight is 797 g/mol. The Morgan fingerprint density at radius 1 is 0.797 bits per heavy atom. The second kappa shape index (κ2) is 16.6. The highest BCUT2D eigenvalue weighted by molar-refractivity contribution is 6.08. The van der Waals surface area contributed by atoms with Gasteiger partial charge in [0.1, 0.15) is 11.5 Å². The fourth-order valence-electron chi connectivity index (χ4n) is 8.50. The van der Waals surface area contributed by atoms with Gasteiger partial charge < -0.3 is 38.7 Å². The summed E-state index contributed by atoms with van der Waals surface area (Å²) in [6, 6.07) is 28.2. The molecule has 12 heteroatoms. The Labute approximate surface area is 345 Å². The minimum Gasteiger partial charge on any atom is -0.508 e. The number of carbonyl (C=O) groups is 3. The Bertz CT molecular complexity index is 2370. The summed E-state index contributed by atoms with van der Waals surface area (Å²) >= 11 is 0. The third-order valence-electron chi connectivity index (χ3n) is 12.2. The number of nitrogens with zero attached hydrogens (tertiary/aromatic N) is 6. The number of ether oxygens (including phenoxy) is 2. The van der Waals surface area contributed by atoms with Crippen LogP contribution in [-0.4, -0.2) is 109 Å². The molecule has 0 unspecified atom stereocenters. The van der Waals surface area contributed by atoms with E-state index < -0.39 is 6.09 Å². The fraction of sp³-hybridized carbons (Fsp3) is 0.340. The van der Waals surface area contributed by atoms with Crippen molar-refractivity contribution < 1.29 is 29.0 Å². The number of amides is 3.